The first kappa shape index (κ1) is 18.4. The van der Waals surface area contributed by atoms with Gasteiger partial charge in [0.15, 0.2) is 5.41 Å². The first-order valence-electron chi connectivity index (χ1n) is 8.47. The summed E-state index contributed by atoms with van der Waals surface area (Å²) in [6.07, 6.45) is 4.05. The van der Waals surface area contributed by atoms with Gasteiger partial charge in [-0.25, -0.2) is 0 Å². The molecule has 2 atom stereocenters. The molecule has 136 valence electrons. The molecule has 3 rings (SSSR count). The van der Waals surface area contributed by atoms with Crippen LogP contribution in [0.5, 0.6) is 5.75 Å². The molecule has 0 aliphatic heterocycles. The van der Waals surface area contributed by atoms with Crippen molar-refractivity contribution in [3.8, 4) is 24.0 Å². The highest BCUT2D eigenvalue weighted by molar-refractivity contribution is 5.60. The Labute approximate surface area is 155 Å². The van der Waals surface area contributed by atoms with E-state index in [2.05, 4.69) is 4.74 Å². The SMILES string of the molecule is N#CC1=C(N)C(C#N)(C#N)[C@@H](c2ccccc2OC(F)F)[C@H]2CCCC=C12. The van der Waals surface area contributed by atoms with Gasteiger partial charge in [-0.3, -0.25) is 0 Å². The van der Waals surface area contributed by atoms with E-state index in [9.17, 15) is 24.6 Å². The lowest BCUT2D eigenvalue weighted by Gasteiger charge is -2.43. The van der Waals surface area contributed by atoms with Gasteiger partial charge in [0.2, 0.25) is 0 Å². The van der Waals surface area contributed by atoms with E-state index in [1.54, 1.807) is 18.2 Å². The molecule has 0 aromatic heterocycles. The Bertz CT molecular complexity index is 932. The Hall–Kier alpha value is -3.37. The van der Waals surface area contributed by atoms with Crippen molar-refractivity contribution < 1.29 is 13.5 Å². The van der Waals surface area contributed by atoms with E-state index < -0.39 is 17.9 Å². The molecule has 2 aliphatic rings. The number of nitriles is 3. The molecule has 0 saturated carbocycles. The predicted octanol–water partition coefficient (Wildman–Crippen LogP) is 3.88. The van der Waals surface area contributed by atoms with Gasteiger partial charge in [0.05, 0.1) is 23.4 Å². The number of nitrogens with two attached hydrogens (primary N) is 1. The van der Waals surface area contributed by atoms with Gasteiger partial charge in [0.1, 0.15) is 11.8 Å². The van der Waals surface area contributed by atoms with Crippen molar-refractivity contribution in [3.63, 3.8) is 0 Å². The van der Waals surface area contributed by atoms with Crippen molar-refractivity contribution in [2.75, 3.05) is 0 Å². The van der Waals surface area contributed by atoms with E-state index in [1.807, 2.05) is 24.3 Å². The lowest BCUT2D eigenvalue weighted by atomic mass is 9.56. The van der Waals surface area contributed by atoms with Gasteiger partial charge in [0, 0.05) is 11.5 Å². The first-order valence-corrected chi connectivity index (χ1v) is 8.47. The molecule has 1 aromatic carbocycles. The van der Waals surface area contributed by atoms with Crippen LogP contribution in [0.2, 0.25) is 0 Å². The number of benzene rings is 1. The summed E-state index contributed by atoms with van der Waals surface area (Å²) in [5.74, 6) is -1.26. The zero-order chi connectivity index (χ0) is 19.6. The second kappa shape index (κ2) is 7.09. The van der Waals surface area contributed by atoms with E-state index in [-0.39, 0.29) is 22.9 Å². The summed E-state index contributed by atoms with van der Waals surface area (Å²) in [4.78, 5) is 0. The number of alkyl halides is 2. The molecule has 2 N–H and O–H groups in total. The van der Waals surface area contributed by atoms with Crippen molar-refractivity contribution in [1.29, 1.82) is 15.8 Å². The highest BCUT2D eigenvalue weighted by atomic mass is 19.3. The van der Waals surface area contributed by atoms with Crippen LogP contribution in [0.1, 0.15) is 30.7 Å². The average molecular weight is 366 g/mol. The number of hydrogen-bond acceptors (Lipinski definition) is 5. The van der Waals surface area contributed by atoms with Crippen LogP contribution in [0.3, 0.4) is 0 Å². The maximum atomic E-state index is 12.9. The number of rotatable bonds is 3. The summed E-state index contributed by atoms with van der Waals surface area (Å²) in [6.45, 7) is -3.04. The van der Waals surface area contributed by atoms with Crippen LogP contribution in [-0.4, -0.2) is 6.61 Å². The highest BCUT2D eigenvalue weighted by Gasteiger charge is 2.54. The normalized spacial score (nSPS) is 23.5. The fraction of sp³-hybridized carbons (Fsp3) is 0.350. The van der Waals surface area contributed by atoms with E-state index >= 15 is 0 Å². The standard InChI is InChI=1S/C20H16F2N4O/c21-19(22)27-16-8-4-3-7-14(16)17-13-6-2-1-5-12(13)15(9-23)18(26)20(17,10-24)11-25/h3-5,7-8,13,17,19H,1-2,6,26H2/t13-,17+/m0/s1. The fourth-order valence-electron chi connectivity index (χ4n) is 4.16. The van der Waals surface area contributed by atoms with Crippen molar-refractivity contribution in [3.05, 3.63) is 52.7 Å². The smallest absolute Gasteiger partial charge is 0.387 e. The third kappa shape index (κ3) is 2.80. The maximum Gasteiger partial charge on any atom is 0.387 e. The second-order valence-electron chi connectivity index (χ2n) is 6.52. The molecule has 27 heavy (non-hydrogen) atoms. The minimum absolute atomic E-state index is 0.0921. The Kier molecular flexibility index (Phi) is 4.84. The van der Waals surface area contributed by atoms with Crippen molar-refractivity contribution in [1.82, 2.24) is 0 Å². The van der Waals surface area contributed by atoms with Gasteiger partial charge >= 0.3 is 6.61 Å². The van der Waals surface area contributed by atoms with Crippen LogP contribution < -0.4 is 10.5 Å². The lowest BCUT2D eigenvalue weighted by Crippen LogP contribution is -2.42. The van der Waals surface area contributed by atoms with Crippen LogP contribution >= 0.6 is 0 Å². The Morgan fingerprint density at radius 2 is 1.89 bits per heavy atom. The molecule has 0 bridgehead atoms. The third-order valence-electron chi connectivity index (χ3n) is 5.27. The van der Waals surface area contributed by atoms with Gasteiger partial charge in [-0.15, -0.1) is 0 Å². The topological polar surface area (TPSA) is 107 Å². The molecular weight excluding hydrogens is 350 g/mol. The highest BCUT2D eigenvalue weighted by Crippen LogP contribution is 2.57. The molecule has 0 spiro atoms. The van der Waals surface area contributed by atoms with Gasteiger partial charge in [-0.2, -0.15) is 24.6 Å². The van der Waals surface area contributed by atoms with Crippen LogP contribution in [0.15, 0.2) is 47.2 Å². The largest absolute Gasteiger partial charge is 0.435 e. The number of hydrogen-bond donors (Lipinski definition) is 1. The minimum atomic E-state index is -3.04. The molecule has 5 nitrogen and oxygen atoms in total. The van der Waals surface area contributed by atoms with Crippen LogP contribution in [0, 0.1) is 45.3 Å². The number of para-hydroxylation sites is 1. The zero-order valence-electron chi connectivity index (χ0n) is 14.3. The average Bonchev–Trinajstić information content (AvgIpc) is 2.67. The summed E-state index contributed by atoms with van der Waals surface area (Å²) in [5.41, 5.74) is 5.33. The second-order valence-corrected chi connectivity index (χ2v) is 6.52. The maximum absolute atomic E-state index is 12.9. The molecule has 0 amide bonds. The minimum Gasteiger partial charge on any atom is -0.435 e. The van der Waals surface area contributed by atoms with Crippen molar-refractivity contribution in [2.45, 2.75) is 31.8 Å². The van der Waals surface area contributed by atoms with Gasteiger partial charge in [0.25, 0.3) is 0 Å². The molecular formula is C20H16F2N4O. The fourth-order valence-corrected chi connectivity index (χ4v) is 4.16. The van der Waals surface area contributed by atoms with Crippen LogP contribution in [0.25, 0.3) is 0 Å². The van der Waals surface area contributed by atoms with E-state index in [1.165, 1.54) is 6.07 Å². The quantitative estimate of drug-likeness (QED) is 0.873. The molecule has 0 fully saturated rings. The number of halogens is 2. The van der Waals surface area contributed by atoms with E-state index in [0.717, 1.165) is 12.8 Å². The zero-order valence-corrected chi connectivity index (χ0v) is 14.3. The van der Waals surface area contributed by atoms with Gasteiger partial charge in [-0.1, -0.05) is 24.3 Å². The Morgan fingerprint density at radius 1 is 1.19 bits per heavy atom. The lowest BCUT2D eigenvalue weighted by molar-refractivity contribution is -0.0509. The number of fused-ring (bicyclic) bond motifs is 1. The Morgan fingerprint density at radius 3 is 2.52 bits per heavy atom. The number of nitrogens with zero attached hydrogens (tertiary/aromatic N) is 3. The summed E-state index contributed by atoms with van der Waals surface area (Å²) < 4.78 is 30.5. The third-order valence-corrected chi connectivity index (χ3v) is 5.27. The summed E-state index contributed by atoms with van der Waals surface area (Å²) in [6, 6.07) is 12.1. The van der Waals surface area contributed by atoms with Crippen molar-refractivity contribution in [2.24, 2.45) is 17.1 Å². The summed E-state index contributed by atoms with van der Waals surface area (Å²) in [7, 11) is 0. The van der Waals surface area contributed by atoms with Crippen LogP contribution in [0.4, 0.5) is 8.78 Å². The molecule has 2 aliphatic carbocycles. The first-order chi connectivity index (χ1) is 13.0. The number of ether oxygens (including phenoxy) is 1. The summed E-state index contributed by atoms with van der Waals surface area (Å²) >= 11 is 0. The van der Waals surface area contributed by atoms with E-state index in [0.29, 0.717) is 17.6 Å². The molecule has 7 heteroatoms. The summed E-state index contributed by atoms with van der Waals surface area (Å²) in [5, 5.41) is 29.4. The monoisotopic (exact) mass is 366 g/mol. The van der Waals surface area contributed by atoms with Crippen LogP contribution in [-0.2, 0) is 0 Å². The molecule has 1 aromatic rings. The number of allylic oxidation sites excluding steroid dienone is 4. The molecule has 0 heterocycles. The van der Waals surface area contributed by atoms with Gasteiger partial charge < -0.3 is 10.5 Å². The predicted molar refractivity (Wildman–Crippen MR) is 91.7 cm³/mol. The molecule has 0 saturated heterocycles. The van der Waals surface area contributed by atoms with Crippen molar-refractivity contribution >= 4 is 0 Å². The van der Waals surface area contributed by atoms with Gasteiger partial charge in [-0.05, 0) is 36.8 Å². The molecule has 0 unspecified atom stereocenters. The van der Waals surface area contributed by atoms with E-state index in [4.69, 9.17) is 5.73 Å². The Balaban J connectivity index is 2.32. The molecule has 0 radical (unpaired) electrons.